The van der Waals surface area contributed by atoms with Gasteiger partial charge in [-0.25, -0.2) is 0 Å². The predicted molar refractivity (Wildman–Crippen MR) is 48.2 cm³/mol. The Morgan fingerprint density at radius 2 is 2.08 bits per heavy atom. The van der Waals surface area contributed by atoms with Crippen molar-refractivity contribution in [2.24, 2.45) is 4.99 Å². The highest BCUT2D eigenvalue weighted by molar-refractivity contribution is 5.48. The fourth-order valence-electron chi connectivity index (χ4n) is 1.35. The molecule has 0 aliphatic carbocycles. The van der Waals surface area contributed by atoms with E-state index in [4.69, 9.17) is 4.74 Å². The zero-order valence-electron chi connectivity index (χ0n) is 6.81. The van der Waals surface area contributed by atoms with Gasteiger partial charge in [-0.1, -0.05) is 30.3 Å². The van der Waals surface area contributed by atoms with Gasteiger partial charge in [-0.3, -0.25) is 4.99 Å². The Hall–Kier alpha value is -1.31. The quantitative estimate of drug-likeness (QED) is 0.618. The largest absolute Gasteiger partial charge is 0.483 e. The second-order valence-corrected chi connectivity index (χ2v) is 2.84. The fourth-order valence-corrected chi connectivity index (χ4v) is 1.35. The second kappa shape index (κ2) is 3.39. The van der Waals surface area contributed by atoms with Crippen LogP contribution in [0, 0.1) is 0 Å². The molecule has 1 heterocycles. The lowest BCUT2D eigenvalue weighted by atomic mass is 10.0. The molecule has 2 heteroatoms. The van der Waals surface area contributed by atoms with E-state index in [1.165, 1.54) is 5.56 Å². The van der Waals surface area contributed by atoms with E-state index in [2.05, 4.69) is 17.1 Å². The number of nitrogens with zero attached hydrogens (tertiary/aromatic N) is 1. The highest BCUT2D eigenvalue weighted by Gasteiger charge is 2.11. The number of hydrogen-bond acceptors (Lipinski definition) is 2. The fraction of sp³-hybridized carbons (Fsp3) is 0.300. The molecule has 1 aromatic carbocycles. The van der Waals surface area contributed by atoms with Crippen molar-refractivity contribution >= 4 is 6.40 Å². The zero-order chi connectivity index (χ0) is 8.23. The molecule has 1 unspecified atom stereocenters. The van der Waals surface area contributed by atoms with Gasteiger partial charge in [0.15, 0.2) is 6.40 Å². The molecule has 0 amide bonds. The molecule has 1 aliphatic rings. The van der Waals surface area contributed by atoms with Crippen LogP contribution in [0.25, 0.3) is 0 Å². The Morgan fingerprint density at radius 3 is 2.75 bits per heavy atom. The van der Waals surface area contributed by atoms with Crippen molar-refractivity contribution in [1.82, 2.24) is 0 Å². The lowest BCUT2D eigenvalue weighted by Crippen LogP contribution is -2.07. The Bertz CT molecular complexity index is 268. The van der Waals surface area contributed by atoms with Gasteiger partial charge in [-0.2, -0.15) is 0 Å². The van der Waals surface area contributed by atoms with Gasteiger partial charge in [0.2, 0.25) is 0 Å². The van der Waals surface area contributed by atoms with Gasteiger partial charge in [0.1, 0.15) is 0 Å². The standard InChI is InChI=1S/C10H11NO/c1-2-4-9(5-3-1)10-6-7-12-8-11-10/h1-5,8,10H,6-7H2. The summed E-state index contributed by atoms with van der Waals surface area (Å²) in [4.78, 5) is 4.25. The normalized spacial score (nSPS) is 21.8. The van der Waals surface area contributed by atoms with Crippen molar-refractivity contribution in [3.63, 3.8) is 0 Å². The minimum Gasteiger partial charge on any atom is -0.483 e. The molecule has 0 aromatic heterocycles. The summed E-state index contributed by atoms with van der Waals surface area (Å²) in [5, 5.41) is 0. The first-order valence-corrected chi connectivity index (χ1v) is 4.15. The van der Waals surface area contributed by atoms with Crippen molar-refractivity contribution in [1.29, 1.82) is 0 Å². The maximum atomic E-state index is 5.03. The van der Waals surface area contributed by atoms with Crippen LogP contribution in [0.15, 0.2) is 35.3 Å². The number of ether oxygens (including phenoxy) is 1. The maximum absolute atomic E-state index is 5.03. The van der Waals surface area contributed by atoms with Crippen molar-refractivity contribution in [2.45, 2.75) is 12.5 Å². The molecule has 1 atom stereocenters. The topological polar surface area (TPSA) is 21.6 Å². The minimum absolute atomic E-state index is 0.306. The van der Waals surface area contributed by atoms with E-state index in [-0.39, 0.29) is 0 Å². The van der Waals surface area contributed by atoms with Gasteiger partial charge in [-0.15, -0.1) is 0 Å². The molecule has 0 N–H and O–H groups in total. The molecule has 2 rings (SSSR count). The Balaban J connectivity index is 2.19. The average Bonchev–Trinajstić information content (AvgIpc) is 2.21. The maximum Gasteiger partial charge on any atom is 0.169 e. The van der Waals surface area contributed by atoms with Crippen LogP contribution in [-0.2, 0) is 4.74 Å². The summed E-state index contributed by atoms with van der Waals surface area (Å²) in [7, 11) is 0. The summed E-state index contributed by atoms with van der Waals surface area (Å²) in [6, 6.07) is 10.6. The summed E-state index contributed by atoms with van der Waals surface area (Å²) in [6.45, 7) is 0.781. The van der Waals surface area contributed by atoms with Crippen LogP contribution >= 0.6 is 0 Å². The third-order valence-corrected chi connectivity index (χ3v) is 2.01. The predicted octanol–water partition coefficient (Wildman–Crippen LogP) is 2.18. The first kappa shape index (κ1) is 7.35. The zero-order valence-corrected chi connectivity index (χ0v) is 6.81. The Kier molecular flexibility index (Phi) is 2.08. The van der Waals surface area contributed by atoms with Crippen molar-refractivity contribution in [3.05, 3.63) is 35.9 Å². The number of rotatable bonds is 1. The smallest absolute Gasteiger partial charge is 0.169 e. The first-order chi connectivity index (χ1) is 5.97. The molecule has 0 fully saturated rings. The molecular formula is C10H11NO. The third-order valence-electron chi connectivity index (χ3n) is 2.01. The van der Waals surface area contributed by atoms with Crippen LogP contribution in [0.2, 0.25) is 0 Å². The monoisotopic (exact) mass is 161 g/mol. The molecule has 1 aliphatic heterocycles. The SMILES string of the molecule is C1=NC(c2ccccc2)CCO1. The van der Waals surface area contributed by atoms with E-state index in [1.807, 2.05) is 18.2 Å². The first-order valence-electron chi connectivity index (χ1n) is 4.15. The van der Waals surface area contributed by atoms with Gasteiger partial charge in [0.05, 0.1) is 12.6 Å². The van der Waals surface area contributed by atoms with E-state index < -0.39 is 0 Å². The molecule has 1 aromatic rings. The van der Waals surface area contributed by atoms with Crippen LogP contribution in [-0.4, -0.2) is 13.0 Å². The van der Waals surface area contributed by atoms with Crippen LogP contribution in [0.5, 0.6) is 0 Å². The van der Waals surface area contributed by atoms with Gasteiger partial charge in [-0.05, 0) is 5.56 Å². The molecule has 12 heavy (non-hydrogen) atoms. The van der Waals surface area contributed by atoms with Crippen LogP contribution in [0.1, 0.15) is 18.0 Å². The second-order valence-electron chi connectivity index (χ2n) is 2.84. The molecule has 0 spiro atoms. The third kappa shape index (κ3) is 1.47. The average molecular weight is 161 g/mol. The van der Waals surface area contributed by atoms with E-state index in [0.29, 0.717) is 6.04 Å². The van der Waals surface area contributed by atoms with Gasteiger partial charge in [0.25, 0.3) is 0 Å². The van der Waals surface area contributed by atoms with Crippen LogP contribution in [0.3, 0.4) is 0 Å². The number of aliphatic imine (C=N–C) groups is 1. The molecule has 0 radical (unpaired) electrons. The highest BCUT2D eigenvalue weighted by Crippen LogP contribution is 2.22. The van der Waals surface area contributed by atoms with E-state index >= 15 is 0 Å². The Morgan fingerprint density at radius 1 is 1.25 bits per heavy atom. The van der Waals surface area contributed by atoms with Crippen molar-refractivity contribution in [2.75, 3.05) is 6.61 Å². The lowest BCUT2D eigenvalue weighted by molar-refractivity contribution is 0.276. The molecule has 2 nitrogen and oxygen atoms in total. The van der Waals surface area contributed by atoms with Gasteiger partial charge >= 0.3 is 0 Å². The summed E-state index contributed by atoms with van der Waals surface area (Å²) in [5.41, 5.74) is 1.28. The van der Waals surface area contributed by atoms with Gasteiger partial charge < -0.3 is 4.74 Å². The minimum atomic E-state index is 0.306. The summed E-state index contributed by atoms with van der Waals surface area (Å²) < 4.78 is 5.03. The Labute approximate surface area is 71.9 Å². The number of hydrogen-bond donors (Lipinski definition) is 0. The molecule has 0 bridgehead atoms. The lowest BCUT2D eigenvalue weighted by Gasteiger charge is -2.15. The number of benzene rings is 1. The summed E-state index contributed by atoms with van der Waals surface area (Å²) in [5.74, 6) is 0. The van der Waals surface area contributed by atoms with Gasteiger partial charge in [0, 0.05) is 6.42 Å². The molecule has 0 saturated heterocycles. The van der Waals surface area contributed by atoms with E-state index in [9.17, 15) is 0 Å². The molecular weight excluding hydrogens is 150 g/mol. The summed E-state index contributed by atoms with van der Waals surface area (Å²) >= 11 is 0. The summed E-state index contributed by atoms with van der Waals surface area (Å²) in [6.07, 6.45) is 2.54. The van der Waals surface area contributed by atoms with Crippen LogP contribution < -0.4 is 0 Å². The van der Waals surface area contributed by atoms with Crippen LogP contribution in [0.4, 0.5) is 0 Å². The van der Waals surface area contributed by atoms with Crippen molar-refractivity contribution in [3.8, 4) is 0 Å². The molecule has 62 valence electrons. The van der Waals surface area contributed by atoms with E-state index in [0.717, 1.165) is 13.0 Å². The highest BCUT2D eigenvalue weighted by atomic mass is 16.5. The van der Waals surface area contributed by atoms with Crippen molar-refractivity contribution < 1.29 is 4.74 Å². The molecule has 0 saturated carbocycles. The van der Waals surface area contributed by atoms with E-state index in [1.54, 1.807) is 6.40 Å².